The third-order valence-corrected chi connectivity index (χ3v) is 6.27. The van der Waals surface area contributed by atoms with Gasteiger partial charge in [-0.15, -0.1) is 0 Å². The first-order valence-electron chi connectivity index (χ1n) is 8.59. The van der Waals surface area contributed by atoms with Crippen LogP contribution in [0.3, 0.4) is 0 Å². The van der Waals surface area contributed by atoms with Gasteiger partial charge in [0.15, 0.2) is 0 Å². The summed E-state index contributed by atoms with van der Waals surface area (Å²) in [6, 6.07) is 0. The number of hydrogen-bond acceptors (Lipinski definition) is 2. The van der Waals surface area contributed by atoms with Crippen LogP contribution in [0, 0.1) is 17.8 Å². The van der Waals surface area contributed by atoms with Gasteiger partial charge in [0.25, 0.3) is 0 Å². The van der Waals surface area contributed by atoms with Crippen LogP contribution in [0.5, 0.6) is 0 Å². The molecular weight excluding hydrogens is 232 g/mol. The van der Waals surface area contributed by atoms with E-state index in [4.69, 9.17) is 5.73 Å². The maximum atomic E-state index is 6.27. The summed E-state index contributed by atoms with van der Waals surface area (Å²) in [6.07, 6.45) is 9.67. The summed E-state index contributed by atoms with van der Waals surface area (Å²) in [6.45, 7) is 10.6. The second kappa shape index (κ2) is 6.58. The highest BCUT2D eigenvalue weighted by Crippen LogP contribution is 2.42. The zero-order valence-electron chi connectivity index (χ0n) is 13.3. The topological polar surface area (TPSA) is 29.3 Å². The van der Waals surface area contributed by atoms with Crippen LogP contribution in [0.4, 0.5) is 0 Å². The Bertz CT molecular complexity index is 270. The molecule has 1 aliphatic carbocycles. The van der Waals surface area contributed by atoms with E-state index >= 15 is 0 Å². The summed E-state index contributed by atoms with van der Waals surface area (Å²) in [5, 5.41) is 0. The van der Waals surface area contributed by atoms with Crippen molar-refractivity contribution in [2.24, 2.45) is 23.5 Å². The molecule has 2 nitrogen and oxygen atoms in total. The first kappa shape index (κ1) is 15.3. The van der Waals surface area contributed by atoms with Gasteiger partial charge in [0, 0.05) is 12.1 Å². The molecule has 1 aliphatic heterocycles. The third-order valence-electron chi connectivity index (χ3n) is 6.27. The predicted octanol–water partition coefficient (Wildman–Crippen LogP) is 3.65. The van der Waals surface area contributed by atoms with Crippen molar-refractivity contribution in [3.8, 4) is 0 Å². The van der Waals surface area contributed by atoms with E-state index < -0.39 is 0 Å². The number of nitrogens with two attached hydrogens (primary N) is 1. The monoisotopic (exact) mass is 266 g/mol. The van der Waals surface area contributed by atoms with Gasteiger partial charge in [-0.3, -0.25) is 4.90 Å². The van der Waals surface area contributed by atoms with E-state index in [-0.39, 0.29) is 0 Å². The first-order chi connectivity index (χ1) is 9.14. The number of hydrogen-bond donors (Lipinski definition) is 1. The molecule has 1 saturated heterocycles. The first-order valence-corrected chi connectivity index (χ1v) is 8.59. The van der Waals surface area contributed by atoms with Crippen LogP contribution in [-0.2, 0) is 0 Å². The quantitative estimate of drug-likeness (QED) is 0.841. The molecule has 0 aromatic carbocycles. The Kier molecular flexibility index (Phi) is 5.30. The van der Waals surface area contributed by atoms with Crippen LogP contribution in [0.1, 0.15) is 65.7 Å². The highest BCUT2D eigenvalue weighted by Gasteiger charge is 2.45. The molecule has 0 aromatic heterocycles. The molecular formula is C17H34N2. The maximum Gasteiger partial charge on any atom is 0.0359 e. The molecule has 112 valence electrons. The van der Waals surface area contributed by atoms with E-state index in [0.29, 0.717) is 5.54 Å². The van der Waals surface area contributed by atoms with E-state index in [0.717, 1.165) is 24.3 Å². The van der Waals surface area contributed by atoms with Crippen LogP contribution < -0.4 is 5.73 Å². The van der Waals surface area contributed by atoms with Crippen molar-refractivity contribution < 1.29 is 0 Å². The lowest BCUT2D eigenvalue weighted by molar-refractivity contribution is -0.0303. The standard InChI is InChI=1S/C17H34N2/c1-4-6-16-8-11-19(12-9-16)17(13-18)10-5-7-14(2)15(17)3/h14-16H,4-13,18H2,1-3H3. The Morgan fingerprint density at radius 3 is 2.42 bits per heavy atom. The van der Waals surface area contributed by atoms with Gasteiger partial charge in [-0.25, -0.2) is 0 Å². The van der Waals surface area contributed by atoms with E-state index in [1.807, 2.05) is 0 Å². The van der Waals surface area contributed by atoms with Gasteiger partial charge in [-0.05, 0) is 50.1 Å². The van der Waals surface area contributed by atoms with Gasteiger partial charge >= 0.3 is 0 Å². The van der Waals surface area contributed by atoms with E-state index in [1.54, 1.807) is 0 Å². The minimum Gasteiger partial charge on any atom is -0.329 e. The van der Waals surface area contributed by atoms with Crippen LogP contribution in [0.15, 0.2) is 0 Å². The average molecular weight is 266 g/mol. The Hall–Kier alpha value is -0.0800. The minimum atomic E-state index is 0.314. The van der Waals surface area contributed by atoms with Crippen molar-refractivity contribution in [2.75, 3.05) is 19.6 Å². The molecule has 2 heteroatoms. The second-order valence-corrected chi connectivity index (χ2v) is 7.18. The van der Waals surface area contributed by atoms with Crippen molar-refractivity contribution in [1.82, 2.24) is 4.90 Å². The van der Waals surface area contributed by atoms with Crippen LogP contribution in [0.25, 0.3) is 0 Å². The zero-order chi connectivity index (χ0) is 13.9. The summed E-state index contributed by atoms with van der Waals surface area (Å²) < 4.78 is 0. The molecule has 2 rings (SSSR count). The van der Waals surface area contributed by atoms with Crippen molar-refractivity contribution in [1.29, 1.82) is 0 Å². The van der Waals surface area contributed by atoms with Gasteiger partial charge in [0.1, 0.15) is 0 Å². The third kappa shape index (κ3) is 3.00. The highest BCUT2D eigenvalue weighted by molar-refractivity contribution is 5.01. The van der Waals surface area contributed by atoms with E-state index in [1.165, 1.54) is 58.0 Å². The summed E-state index contributed by atoms with van der Waals surface area (Å²) in [5.74, 6) is 2.58. The van der Waals surface area contributed by atoms with Gasteiger partial charge in [-0.2, -0.15) is 0 Å². The fraction of sp³-hybridized carbons (Fsp3) is 1.00. The van der Waals surface area contributed by atoms with Gasteiger partial charge < -0.3 is 5.73 Å². The molecule has 0 aromatic rings. The van der Waals surface area contributed by atoms with Crippen molar-refractivity contribution in [3.05, 3.63) is 0 Å². The highest BCUT2D eigenvalue weighted by atomic mass is 15.2. The lowest BCUT2D eigenvalue weighted by Crippen LogP contribution is -2.62. The maximum absolute atomic E-state index is 6.27. The SMILES string of the molecule is CCCC1CCN(C2(CN)CCCC(C)C2C)CC1. The van der Waals surface area contributed by atoms with Crippen molar-refractivity contribution in [2.45, 2.75) is 71.3 Å². The normalized spacial score (nSPS) is 38.5. The molecule has 2 fully saturated rings. The van der Waals surface area contributed by atoms with Crippen LogP contribution in [0.2, 0.25) is 0 Å². The molecule has 0 bridgehead atoms. The molecule has 0 spiro atoms. The number of likely N-dealkylation sites (tertiary alicyclic amines) is 1. The van der Waals surface area contributed by atoms with Gasteiger partial charge in [0.2, 0.25) is 0 Å². The molecule has 1 heterocycles. The van der Waals surface area contributed by atoms with Crippen LogP contribution >= 0.6 is 0 Å². The zero-order valence-corrected chi connectivity index (χ0v) is 13.3. The molecule has 19 heavy (non-hydrogen) atoms. The largest absolute Gasteiger partial charge is 0.329 e. The van der Waals surface area contributed by atoms with Crippen molar-refractivity contribution >= 4 is 0 Å². The fourth-order valence-electron chi connectivity index (χ4n) is 4.68. The molecule has 3 unspecified atom stereocenters. The van der Waals surface area contributed by atoms with Gasteiger partial charge in [-0.1, -0.05) is 46.5 Å². The fourth-order valence-corrected chi connectivity index (χ4v) is 4.68. The van der Waals surface area contributed by atoms with Crippen LogP contribution in [-0.4, -0.2) is 30.1 Å². The lowest BCUT2D eigenvalue weighted by atomic mass is 9.66. The Balaban J connectivity index is 2.02. The molecule has 0 amide bonds. The molecule has 3 atom stereocenters. The Morgan fingerprint density at radius 1 is 1.16 bits per heavy atom. The Labute approximate surface area is 120 Å². The van der Waals surface area contributed by atoms with Crippen molar-refractivity contribution in [3.63, 3.8) is 0 Å². The molecule has 0 radical (unpaired) electrons. The lowest BCUT2D eigenvalue weighted by Gasteiger charge is -2.54. The number of nitrogens with zero attached hydrogens (tertiary/aromatic N) is 1. The molecule has 1 saturated carbocycles. The minimum absolute atomic E-state index is 0.314. The van der Waals surface area contributed by atoms with Gasteiger partial charge in [0.05, 0.1) is 0 Å². The molecule has 2 aliphatic rings. The summed E-state index contributed by atoms with van der Waals surface area (Å²) in [4.78, 5) is 2.78. The average Bonchev–Trinajstić information content (AvgIpc) is 2.44. The predicted molar refractivity (Wildman–Crippen MR) is 83.2 cm³/mol. The van der Waals surface area contributed by atoms with E-state index in [9.17, 15) is 0 Å². The Morgan fingerprint density at radius 2 is 1.84 bits per heavy atom. The van der Waals surface area contributed by atoms with E-state index in [2.05, 4.69) is 25.7 Å². The second-order valence-electron chi connectivity index (χ2n) is 7.18. The summed E-state index contributed by atoms with van der Waals surface area (Å²) in [5.41, 5.74) is 6.59. The number of rotatable bonds is 4. The molecule has 2 N–H and O–H groups in total. The number of piperidine rings is 1. The smallest absolute Gasteiger partial charge is 0.0359 e. The summed E-state index contributed by atoms with van der Waals surface area (Å²) in [7, 11) is 0. The summed E-state index contributed by atoms with van der Waals surface area (Å²) >= 11 is 0.